The standard InChI is InChI=1S/C12H4BrF3N4O/c13-7-1-9(11(2-8(7)14)21-12(15)16)20-10(5-19)6(3-17)4-18/h1-2,12,20H. The number of benzene rings is 1. The number of hydrogen-bond donors (Lipinski definition) is 1. The van der Waals surface area contributed by atoms with Crippen LogP contribution in [0.1, 0.15) is 0 Å². The van der Waals surface area contributed by atoms with Gasteiger partial charge in [0.2, 0.25) is 0 Å². The molecule has 5 nitrogen and oxygen atoms in total. The van der Waals surface area contributed by atoms with Crippen LogP contribution in [0.4, 0.5) is 18.9 Å². The van der Waals surface area contributed by atoms with Crippen molar-refractivity contribution < 1.29 is 17.9 Å². The van der Waals surface area contributed by atoms with E-state index in [1.165, 1.54) is 18.2 Å². The third-order valence-corrected chi connectivity index (χ3v) is 2.69. The third-order valence-electron chi connectivity index (χ3n) is 2.08. The molecule has 0 spiro atoms. The summed E-state index contributed by atoms with van der Waals surface area (Å²) in [5.41, 5.74) is -1.23. The second kappa shape index (κ2) is 7.18. The van der Waals surface area contributed by atoms with E-state index in [4.69, 9.17) is 15.8 Å². The SMILES string of the molecule is N#CC(C#N)=C(C#N)Nc1cc(Br)c(F)cc1OC(F)F. The lowest BCUT2D eigenvalue weighted by Gasteiger charge is -2.13. The Labute approximate surface area is 125 Å². The molecule has 1 N–H and O–H groups in total. The number of halogens is 4. The van der Waals surface area contributed by atoms with Crippen molar-refractivity contribution in [2.45, 2.75) is 6.61 Å². The van der Waals surface area contributed by atoms with Crippen LogP contribution in [0.3, 0.4) is 0 Å². The molecular weight excluding hydrogens is 353 g/mol. The minimum absolute atomic E-state index is 0.0839. The summed E-state index contributed by atoms with van der Waals surface area (Å²) in [4.78, 5) is 0. The molecule has 0 amide bonds. The first-order chi connectivity index (χ1) is 9.92. The van der Waals surface area contributed by atoms with Gasteiger partial charge in [-0.05, 0) is 22.0 Å². The van der Waals surface area contributed by atoms with Crippen molar-refractivity contribution in [3.05, 3.63) is 33.7 Å². The molecule has 0 aliphatic rings. The topological polar surface area (TPSA) is 92.6 Å². The number of nitrogens with zero attached hydrogens (tertiary/aromatic N) is 3. The molecular formula is C12H4BrF3N4O. The fraction of sp³-hybridized carbons (Fsp3) is 0.0833. The van der Waals surface area contributed by atoms with Gasteiger partial charge < -0.3 is 10.1 Å². The van der Waals surface area contributed by atoms with Gasteiger partial charge in [0.05, 0.1) is 10.2 Å². The van der Waals surface area contributed by atoms with Gasteiger partial charge in [0, 0.05) is 6.07 Å². The quantitative estimate of drug-likeness (QED) is 0.834. The molecule has 0 unspecified atom stereocenters. The van der Waals surface area contributed by atoms with Gasteiger partial charge in [0.1, 0.15) is 29.7 Å². The van der Waals surface area contributed by atoms with Crippen molar-refractivity contribution in [2.75, 3.05) is 5.32 Å². The van der Waals surface area contributed by atoms with Gasteiger partial charge in [-0.1, -0.05) is 0 Å². The fourth-order valence-corrected chi connectivity index (χ4v) is 1.58. The average molecular weight is 357 g/mol. The summed E-state index contributed by atoms with van der Waals surface area (Å²) in [7, 11) is 0. The monoisotopic (exact) mass is 356 g/mol. The largest absolute Gasteiger partial charge is 0.432 e. The maximum atomic E-state index is 13.3. The highest BCUT2D eigenvalue weighted by molar-refractivity contribution is 9.10. The minimum Gasteiger partial charge on any atom is -0.432 e. The van der Waals surface area contributed by atoms with Crippen LogP contribution in [-0.2, 0) is 0 Å². The van der Waals surface area contributed by atoms with Gasteiger partial charge in [-0.15, -0.1) is 0 Å². The summed E-state index contributed by atoms with van der Waals surface area (Å²) < 4.78 is 41.9. The Balaban J connectivity index is 3.34. The Morgan fingerprint density at radius 3 is 2.29 bits per heavy atom. The fourth-order valence-electron chi connectivity index (χ4n) is 1.24. The first-order valence-corrected chi connectivity index (χ1v) is 5.87. The van der Waals surface area contributed by atoms with Crippen LogP contribution in [0.25, 0.3) is 0 Å². The molecule has 0 radical (unpaired) electrons. The number of allylic oxidation sites excluding steroid dienone is 2. The van der Waals surface area contributed by atoms with E-state index in [0.717, 1.165) is 6.07 Å². The van der Waals surface area contributed by atoms with Crippen molar-refractivity contribution in [3.8, 4) is 24.0 Å². The molecule has 9 heteroatoms. The Kier molecular flexibility index (Phi) is 5.59. The normalized spacial score (nSPS) is 9.24. The Morgan fingerprint density at radius 1 is 1.19 bits per heavy atom. The van der Waals surface area contributed by atoms with Gasteiger partial charge in [-0.2, -0.15) is 24.6 Å². The van der Waals surface area contributed by atoms with Gasteiger partial charge in [-0.25, -0.2) is 4.39 Å². The van der Waals surface area contributed by atoms with Gasteiger partial charge in [0.15, 0.2) is 11.3 Å². The van der Waals surface area contributed by atoms with E-state index in [-0.39, 0.29) is 10.2 Å². The van der Waals surface area contributed by atoms with Crippen molar-refractivity contribution in [3.63, 3.8) is 0 Å². The Morgan fingerprint density at radius 2 is 1.81 bits per heavy atom. The van der Waals surface area contributed by atoms with E-state index in [0.29, 0.717) is 6.07 Å². The summed E-state index contributed by atoms with van der Waals surface area (Å²) in [6.45, 7) is -3.22. The zero-order valence-electron chi connectivity index (χ0n) is 9.99. The van der Waals surface area contributed by atoms with E-state index in [1.54, 1.807) is 0 Å². The van der Waals surface area contributed by atoms with Crippen molar-refractivity contribution in [2.24, 2.45) is 0 Å². The lowest BCUT2D eigenvalue weighted by atomic mass is 10.2. The first kappa shape index (κ1) is 16.4. The third kappa shape index (κ3) is 4.13. The van der Waals surface area contributed by atoms with Gasteiger partial charge >= 0.3 is 6.61 Å². The molecule has 1 aromatic carbocycles. The zero-order chi connectivity index (χ0) is 16.0. The molecule has 0 atom stereocenters. The molecule has 1 rings (SSSR count). The molecule has 0 saturated heterocycles. The van der Waals surface area contributed by atoms with Gasteiger partial charge in [0.25, 0.3) is 0 Å². The molecule has 0 fully saturated rings. The number of rotatable bonds is 4. The first-order valence-electron chi connectivity index (χ1n) is 5.08. The number of alkyl halides is 2. The highest BCUT2D eigenvalue weighted by Gasteiger charge is 2.16. The smallest absolute Gasteiger partial charge is 0.387 e. The van der Waals surface area contributed by atoms with Gasteiger partial charge in [-0.3, -0.25) is 0 Å². The second-order valence-corrected chi connectivity index (χ2v) is 4.21. The average Bonchev–Trinajstić information content (AvgIpc) is 2.43. The summed E-state index contributed by atoms with van der Waals surface area (Å²) in [5, 5.41) is 28.5. The molecule has 0 heterocycles. The summed E-state index contributed by atoms with van der Waals surface area (Å²) >= 11 is 2.84. The molecule has 0 aromatic heterocycles. The number of nitriles is 3. The maximum absolute atomic E-state index is 13.3. The van der Waals surface area contributed by atoms with Crippen LogP contribution in [0.2, 0.25) is 0 Å². The molecule has 106 valence electrons. The molecule has 21 heavy (non-hydrogen) atoms. The second-order valence-electron chi connectivity index (χ2n) is 3.35. The summed E-state index contributed by atoms with van der Waals surface area (Å²) in [6, 6.07) is 6.19. The van der Waals surface area contributed by atoms with E-state index in [2.05, 4.69) is 26.0 Å². The van der Waals surface area contributed by atoms with Crippen molar-refractivity contribution in [1.29, 1.82) is 15.8 Å². The molecule has 0 bridgehead atoms. The number of ether oxygens (including phenoxy) is 1. The number of anilines is 1. The highest BCUT2D eigenvalue weighted by Crippen LogP contribution is 2.33. The zero-order valence-corrected chi connectivity index (χ0v) is 11.6. The number of hydrogen-bond acceptors (Lipinski definition) is 5. The van der Waals surface area contributed by atoms with Crippen LogP contribution in [0, 0.1) is 39.8 Å². The minimum atomic E-state index is -3.22. The van der Waals surface area contributed by atoms with E-state index >= 15 is 0 Å². The summed E-state index contributed by atoms with van der Waals surface area (Å²) in [5.74, 6) is -1.44. The Hall–Kier alpha value is -2.70. The highest BCUT2D eigenvalue weighted by atomic mass is 79.9. The van der Waals surface area contributed by atoms with Crippen LogP contribution < -0.4 is 10.1 Å². The van der Waals surface area contributed by atoms with Crippen LogP contribution in [-0.4, -0.2) is 6.61 Å². The molecule has 1 aromatic rings. The maximum Gasteiger partial charge on any atom is 0.387 e. The Bertz CT molecular complexity index is 697. The van der Waals surface area contributed by atoms with Crippen molar-refractivity contribution >= 4 is 21.6 Å². The van der Waals surface area contributed by atoms with E-state index in [9.17, 15) is 13.2 Å². The van der Waals surface area contributed by atoms with Crippen molar-refractivity contribution in [1.82, 2.24) is 0 Å². The molecule has 0 aliphatic heterocycles. The van der Waals surface area contributed by atoms with Crippen LogP contribution in [0.15, 0.2) is 27.9 Å². The predicted octanol–water partition coefficient (Wildman–Crippen LogP) is 3.43. The van der Waals surface area contributed by atoms with E-state index in [1.807, 2.05) is 0 Å². The predicted molar refractivity (Wildman–Crippen MR) is 68.2 cm³/mol. The lowest BCUT2D eigenvalue weighted by Crippen LogP contribution is -2.07. The van der Waals surface area contributed by atoms with Crippen LogP contribution in [0.5, 0.6) is 5.75 Å². The van der Waals surface area contributed by atoms with Crippen LogP contribution >= 0.6 is 15.9 Å². The molecule has 0 aliphatic carbocycles. The van der Waals surface area contributed by atoms with E-state index < -0.39 is 29.4 Å². The summed E-state index contributed by atoms with van der Waals surface area (Å²) in [6.07, 6.45) is 0. The lowest BCUT2D eigenvalue weighted by molar-refractivity contribution is -0.0495. The molecule has 0 saturated carbocycles. The number of nitrogens with one attached hydrogen (secondary N) is 1.